The fourth-order valence-corrected chi connectivity index (χ4v) is 3.46. The summed E-state index contributed by atoms with van der Waals surface area (Å²) >= 11 is 0. The van der Waals surface area contributed by atoms with Gasteiger partial charge in [-0.05, 0) is 29.8 Å². The Kier molecular flexibility index (Phi) is 5.25. The lowest BCUT2D eigenvalue weighted by atomic mass is 10.1. The van der Waals surface area contributed by atoms with Gasteiger partial charge in [-0.25, -0.2) is 4.39 Å². The number of benzene rings is 2. The summed E-state index contributed by atoms with van der Waals surface area (Å²) < 4.78 is 24.3. The molecule has 0 bridgehead atoms. The Bertz CT molecular complexity index is 865. The first-order chi connectivity index (χ1) is 13.6. The van der Waals surface area contributed by atoms with Crippen LogP contribution in [0.1, 0.15) is 5.56 Å². The summed E-state index contributed by atoms with van der Waals surface area (Å²) in [6.07, 6.45) is -0.641. The number of hydrogen-bond acceptors (Lipinski definition) is 4. The zero-order valence-electron chi connectivity index (χ0n) is 15.3. The van der Waals surface area contributed by atoms with Crippen molar-refractivity contribution in [3.05, 3.63) is 59.9 Å². The summed E-state index contributed by atoms with van der Waals surface area (Å²) in [5, 5.41) is 0. The molecule has 146 valence electrons. The molecule has 2 aliphatic rings. The molecular formula is C21H21FN2O4. The first kappa shape index (κ1) is 18.4. The minimum atomic E-state index is -0.759. The third-order valence-corrected chi connectivity index (χ3v) is 4.94. The van der Waals surface area contributed by atoms with Gasteiger partial charge in [-0.2, -0.15) is 0 Å². The minimum absolute atomic E-state index is 0.118. The van der Waals surface area contributed by atoms with Crippen LogP contribution in [0, 0.1) is 5.82 Å². The molecule has 1 atom stereocenters. The summed E-state index contributed by atoms with van der Waals surface area (Å²) in [5.74, 6) is -0.142. The van der Waals surface area contributed by atoms with E-state index >= 15 is 0 Å². The molecule has 0 N–H and O–H groups in total. The van der Waals surface area contributed by atoms with E-state index in [4.69, 9.17) is 9.47 Å². The van der Waals surface area contributed by atoms with Gasteiger partial charge in [0.25, 0.3) is 5.91 Å². The SMILES string of the molecule is O=C(C1CN(C(=O)Cc2ccc(F)cc2)c2ccccc2O1)N1CCOCC1. The topological polar surface area (TPSA) is 59.1 Å². The molecule has 0 aromatic heterocycles. The van der Waals surface area contributed by atoms with Gasteiger partial charge in [-0.1, -0.05) is 24.3 Å². The van der Waals surface area contributed by atoms with Crippen LogP contribution in [0.2, 0.25) is 0 Å². The van der Waals surface area contributed by atoms with E-state index in [2.05, 4.69) is 0 Å². The third-order valence-electron chi connectivity index (χ3n) is 4.94. The van der Waals surface area contributed by atoms with E-state index in [1.807, 2.05) is 12.1 Å². The molecular weight excluding hydrogens is 363 g/mol. The largest absolute Gasteiger partial charge is 0.476 e. The molecule has 0 aliphatic carbocycles. The lowest BCUT2D eigenvalue weighted by Crippen LogP contribution is -2.54. The van der Waals surface area contributed by atoms with E-state index in [0.717, 1.165) is 0 Å². The first-order valence-electron chi connectivity index (χ1n) is 9.29. The maximum atomic E-state index is 13.1. The maximum Gasteiger partial charge on any atom is 0.265 e. The molecule has 2 aliphatic heterocycles. The Balaban J connectivity index is 1.55. The highest BCUT2D eigenvalue weighted by molar-refractivity contribution is 5.98. The summed E-state index contributed by atoms with van der Waals surface area (Å²) in [5.41, 5.74) is 1.35. The van der Waals surface area contributed by atoms with Crippen molar-refractivity contribution in [2.75, 3.05) is 37.7 Å². The number of ether oxygens (including phenoxy) is 2. The van der Waals surface area contributed by atoms with Gasteiger partial charge in [0.15, 0.2) is 6.10 Å². The van der Waals surface area contributed by atoms with E-state index in [1.54, 1.807) is 34.1 Å². The highest BCUT2D eigenvalue weighted by atomic mass is 19.1. The number of para-hydroxylation sites is 2. The van der Waals surface area contributed by atoms with Crippen molar-refractivity contribution >= 4 is 17.5 Å². The van der Waals surface area contributed by atoms with Crippen molar-refractivity contribution in [1.82, 2.24) is 4.90 Å². The molecule has 2 amide bonds. The number of carbonyl (C=O) groups is 2. The Hall–Kier alpha value is -2.93. The number of halogens is 1. The number of fused-ring (bicyclic) bond motifs is 1. The van der Waals surface area contributed by atoms with Gasteiger partial charge in [-0.3, -0.25) is 9.59 Å². The number of rotatable bonds is 3. The van der Waals surface area contributed by atoms with Gasteiger partial charge in [-0.15, -0.1) is 0 Å². The van der Waals surface area contributed by atoms with Crippen molar-refractivity contribution in [1.29, 1.82) is 0 Å². The van der Waals surface area contributed by atoms with Crippen LogP contribution in [0.4, 0.5) is 10.1 Å². The number of hydrogen-bond donors (Lipinski definition) is 0. The second-order valence-corrected chi connectivity index (χ2v) is 6.82. The van der Waals surface area contributed by atoms with Gasteiger partial charge in [0.05, 0.1) is 31.9 Å². The quantitative estimate of drug-likeness (QED) is 0.813. The molecule has 6 nitrogen and oxygen atoms in total. The predicted octanol–water partition coefficient (Wildman–Crippen LogP) is 2.02. The van der Waals surface area contributed by atoms with Crippen molar-refractivity contribution in [2.24, 2.45) is 0 Å². The van der Waals surface area contributed by atoms with Crippen LogP contribution in [0.25, 0.3) is 0 Å². The van der Waals surface area contributed by atoms with E-state index in [9.17, 15) is 14.0 Å². The van der Waals surface area contributed by atoms with Crippen molar-refractivity contribution in [2.45, 2.75) is 12.5 Å². The zero-order chi connectivity index (χ0) is 19.5. The van der Waals surface area contributed by atoms with Gasteiger partial charge in [0.1, 0.15) is 11.6 Å². The first-order valence-corrected chi connectivity index (χ1v) is 9.29. The van der Waals surface area contributed by atoms with E-state index in [0.29, 0.717) is 43.3 Å². The molecule has 7 heteroatoms. The standard InChI is InChI=1S/C21H21FN2O4/c22-16-7-5-15(6-8-16)13-20(25)24-14-19(21(26)23-9-11-27-12-10-23)28-18-4-2-1-3-17(18)24/h1-8,19H,9-14H2. The van der Waals surface area contributed by atoms with Gasteiger partial charge in [0.2, 0.25) is 5.91 Å². The summed E-state index contributed by atoms with van der Waals surface area (Å²) in [6.45, 7) is 2.19. The van der Waals surface area contributed by atoms with Crippen LogP contribution >= 0.6 is 0 Å². The molecule has 0 radical (unpaired) electrons. The Morgan fingerprint density at radius 3 is 2.50 bits per heavy atom. The summed E-state index contributed by atoms with van der Waals surface area (Å²) in [4.78, 5) is 29.2. The molecule has 4 rings (SSSR count). The molecule has 28 heavy (non-hydrogen) atoms. The molecule has 0 saturated carbocycles. The number of carbonyl (C=O) groups excluding carboxylic acids is 2. The van der Waals surface area contributed by atoms with Crippen molar-refractivity contribution < 1.29 is 23.5 Å². The lowest BCUT2D eigenvalue weighted by molar-refractivity contribution is -0.142. The van der Waals surface area contributed by atoms with Crippen LogP contribution in [0.15, 0.2) is 48.5 Å². The molecule has 2 heterocycles. The number of amides is 2. The van der Waals surface area contributed by atoms with Crippen LogP contribution in [-0.2, 0) is 20.7 Å². The second-order valence-electron chi connectivity index (χ2n) is 6.82. The molecule has 0 spiro atoms. The molecule has 1 fully saturated rings. The fourth-order valence-electron chi connectivity index (χ4n) is 3.46. The predicted molar refractivity (Wildman–Crippen MR) is 101 cm³/mol. The average molecular weight is 384 g/mol. The van der Waals surface area contributed by atoms with Crippen molar-refractivity contribution in [3.8, 4) is 5.75 Å². The fraction of sp³-hybridized carbons (Fsp3) is 0.333. The van der Waals surface area contributed by atoms with E-state index < -0.39 is 6.10 Å². The highest BCUT2D eigenvalue weighted by Gasteiger charge is 2.36. The highest BCUT2D eigenvalue weighted by Crippen LogP contribution is 2.34. The van der Waals surface area contributed by atoms with Crippen LogP contribution < -0.4 is 9.64 Å². The van der Waals surface area contributed by atoms with Crippen LogP contribution in [0.3, 0.4) is 0 Å². The van der Waals surface area contributed by atoms with Crippen LogP contribution in [-0.4, -0.2) is 55.7 Å². The molecule has 2 aromatic rings. The van der Waals surface area contributed by atoms with Crippen molar-refractivity contribution in [3.63, 3.8) is 0 Å². The molecule has 2 aromatic carbocycles. The van der Waals surface area contributed by atoms with Gasteiger partial charge >= 0.3 is 0 Å². The average Bonchev–Trinajstić information content (AvgIpc) is 2.74. The van der Waals surface area contributed by atoms with Gasteiger partial charge < -0.3 is 19.3 Å². The number of anilines is 1. The van der Waals surface area contributed by atoms with E-state index in [-0.39, 0.29) is 30.6 Å². The Labute approximate surface area is 162 Å². The second kappa shape index (κ2) is 7.98. The zero-order valence-corrected chi connectivity index (χ0v) is 15.3. The summed E-state index contributed by atoms with van der Waals surface area (Å²) in [6, 6.07) is 13.0. The molecule has 1 unspecified atom stereocenters. The number of morpholine rings is 1. The summed E-state index contributed by atoms with van der Waals surface area (Å²) in [7, 11) is 0. The van der Waals surface area contributed by atoms with Crippen LogP contribution in [0.5, 0.6) is 5.75 Å². The Morgan fingerprint density at radius 2 is 1.75 bits per heavy atom. The maximum absolute atomic E-state index is 13.1. The normalized spacial score (nSPS) is 19.0. The van der Waals surface area contributed by atoms with E-state index in [1.165, 1.54) is 12.1 Å². The Morgan fingerprint density at radius 1 is 1.04 bits per heavy atom. The minimum Gasteiger partial charge on any atom is -0.476 e. The number of nitrogens with zero attached hydrogens (tertiary/aromatic N) is 2. The van der Waals surface area contributed by atoms with Gasteiger partial charge in [0, 0.05) is 13.1 Å². The lowest BCUT2D eigenvalue weighted by Gasteiger charge is -2.37. The smallest absolute Gasteiger partial charge is 0.265 e. The monoisotopic (exact) mass is 384 g/mol. The third kappa shape index (κ3) is 3.84. The molecule has 1 saturated heterocycles.